The Labute approximate surface area is 337 Å². The highest BCUT2D eigenvalue weighted by Crippen LogP contribution is 2.37. The molecule has 0 aromatic heterocycles. The van der Waals surface area contributed by atoms with Crippen LogP contribution < -0.4 is 0 Å². The standard InChI is InChI=1S/C58H30/c1-3-12-43(22-24-45-26-28-51-32-30-47-14-6-16-49-34-36-53(45)57(51)55(47)49)41(10-1)20-18-39-8-5-9-40(38-39)19-21-42-11-2-4-13-44(42)23-25-46-27-29-52-33-31-48-15-7-17-50-35-37-54(46)58(52)56(48)50/h1-17,26-38H. The third-order valence-corrected chi connectivity index (χ3v) is 11.1. The molecule has 0 unspecified atom stereocenters. The second-order valence-electron chi connectivity index (χ2n) is 14.6. The average Bonchev–Trinajstić information content (AvgIpc) is 3.28. The second kappa shape index (κ2) is 13.8. The molecule has 0 spiro atoms. The minimum absolute atomic E-state index is 0.890. The Bertz CT molecular complexity index is 3430. The van der Waals surface area contributed by atoms with Crippen LogP contribution in [-0.2, 0) is 0 Å². The van der Waals surface area contributed by atoms with Crippen molar-refractivity contribution in [1.29, 1.82) is 0 Å². The lowest BCUT2D eigenvalue weighted by atomic mass is 9.92. The Hall–Kier alpha value is -8.26. The van der Waals surface area contributed by atoms with Crippen molar-refractivity contribution in [3.8, 4) is 47.4 Å². The van der Waals surface area contributed by atoms with E-state index in [1.54, 1.807) is 0 Å². The Morgan fingerprint density at radius 2 is 0.517 bits per heavy atom. The normalized spacial score (nSPS) is 10.9. The summed E-state index contributed by atoms with van der Waals surface area (Å²) in [6.07, 6.45) is 0. The quantitative estimate of drug-likeness (QED) is 0.108. The molecule has 0 radical (unpaired) electrons. The first-order chi connectivity index (χ1) is 28.7. The van der Waals surface area contributed by atoms with Crippen molar-refractivity contribution in [2.75, 3.05) is 0 Å². The number of benzene rings is 11. The molecule has 0 saturated carbocycles. The minimum Gasteiger partial charge on any atom is -0.0616 e. The molecule has 0 aliphatic rings. The summed E-state index contributed by atoms with van der Waals surface area (Å²) in [4.78, 5) is 0. The van der Waals surface area contributed by atoms with Crippen LogP contribution in [0.5, 0.6) is 0 Å². The van der Waals surface area contributed by atoms with E-state index in [0.717, 1.165) is 44.5 Å². The highest BCUT2D eigenvalue weighted by Gasteiger charge is 2.11. The molecule has 0 fully saturated rings. The van der Waals surface area contributed by atoms with E-state index in [1.807, 2.05) is 72.8 Å². The molecule has 11 rings (SSSR count). The predicted octanol–water partition coefficient (Wildman–Crippen LogP) is 13.1. The fourth-order valence-electron chi connectivity index (χ4n) is 8.31. The van der Waals surface area contributed by atoms with E-state index in [1.165, 1.54) is 64.6 Å². The molecular weight excluding hydrogens is 697 g/mol. The van der Waals surface area contributed by atoms with Gasteiger partial charge in [-0.1, -0.05) is 175 Å². The summed E-state index contributed by atoms with van der Waals surface area (Å²) >= 11 is 0. The van der Waals surface area contributed by atoms with Gasteiger partial charge in [0.05, 0.1) is 0 Å². The van der Waals surface area contributed by atoms with Crippen LogP contribution in [0, 0.1) is 47.4 Å². The smallest absolute Gasteiger partial charge is 0.0405 e. The van der Waals surface area contributed by atoms with E-state index in [0.29, 0.717) is 0 Å². The SMILES string of the molecule is C(#Cc1ccccc1C#Cc1ccc2ccc3cccc4ccc1c2c34)c1cccc(C#Cc2ccccc2C#Cc2ccc3ccc4cccc5ccc2c3c45)c1. The lowest BCUT2D eigenvalue weighted by Crippen LogP contribution is -1.88. The van der Waals surface area contributed by atoms with Crippen LogP contribution in [0.25, 0.3) is 64.6 Å². The first kappa shape index (κ1) is 33.1. The van der Waals surface area contributed by atoms with Crippen LogP contribution in [0.1, 0.15) is 44.5 Å². The Kier molecular flexibility index (Phi) is 7.87. The van der Waals surface area contributed by atoms with Crippen molar-refractivity contribution >= 4 is 64.6 Å². The maximum absolute atomic E-state index is 3.49. The summed E-state index contributed by atoms with van der Waals surface area (Å²) in [5.74, 6) is 27.4. The van der Waals surface area contributed by atoms with Crippen molar-refractivity contribution in [2.45, 2.75) is 0 Å². The largest absolute Gasteiger partial charge is 0.0616 e. The zero-order valence-electron chi connectivity index (χ0n) is 31.3. The maximum Gasteiger partial charge on any atom is 0.0405 e. The summed E-state index contributed by atoms with van der Waals surface area (Å²) in [7, 11) is 0. The number of rotatable bonds is 0. The van der Waals surface area contributed by atoms with E-state index in [4.69, 9.17) is 0 Å². The third-order valence-electron chi connectivity index (χ3n) is 11.1. The number of hydrogen-bond acceptors (Lipinski definition) is 0. The molecule has 0 aliphatic carbocycles. The fourth-order valence-corrected chi connectivity index (χ4v) is 8.31. The van der Waals surface area contributed by atoms with E-state index < -0.39 is 0 Å². The van der Waals surface area contributed by atoms with Gasteiger partial charge in [0, 0.05) is 44.5 Å². The van der Waals surface area contributed by atoms with E-state index >= 15 is 0 Å². The Morgan fingerprint density at radius 3 is 0.931 bits per heavy atom. The molecule has 58 heavy (non-hydrogen) atoms. The van der Waals surface area contributed by atoms with Crippen molar-refractivity contribution in [2.24, 2.45) is 0 Å². The van der Waals surface area contributed by atoms with Gasteiger partial charge in [-0.3, -0.25) is 0 Å². The van der Waals surface area contributed by atoms with Crippen LogP contribution in [0.15, 0.2) is 182 Å². The lowest BCUT2D eigenvalue weighted by molar-refractivity contribution is 1.56. The van der Waals surface area contributed by atoms with Gasteiger partial charge < -0.3 is 0 Å². The molecule has 0 saturated heterocycles. The molecule has 0 bridgehead atoms. The van der Waals surface area contributed by atoms with Gasteiger partial charge in [-0.15, -0.1) is 0 Å². The summed E-state index contributed by atoms with van der Waals surface area (Å²) in [6.45, 7) is 0. The highest BCUT2D eigenvalue weighted by molar-refractivity contribution is 6.25. The predicted molar refractivity (Wildman–Crippen MR) is 244 cm³/mol. The summed E-state index contributed by atoms with van der Waals surface area (Å²) < 4.78 is 0. The molecule has 0 aliphatic heterocycles. The molecule has 11 aromatic rings. The zero-order valence-corrected chi connectivity index (χ0v) is 31.3. The lowest BCUT2D eigenvalue weighted by Gasteiger charge is -2.11. The van der Waals surface area contributed by atoms with Gasteiger partial charge in [-0.25, -0.2) is 0 Å². The maximum atomic E-state index is 3.49. The van der Waals surface area contributed by atoms with Crippen molar-refractivity contribution < 1.29 is 0 Å². The van der Waals surface area contributed by atoms with Gasteiger partial charge in [0.2, 0.25) is 0 Å². The molecule has 0 heteroatoms. The van der Waals surface area contributed by atoms with Crippen molar-refractivity contribution in [1.82, 2.24) is 0 Å². The van der Waals surface area contributed by atoms with Gasteiger partial charge in [-0.05, 0) is 119 Å². The van der Waals surface area contributed by atoms with Gasteiger partial charge in [0.1, 0.15) is 0 Å². The van der Waals surface area contributed by atoms with Gasteiger partial charge in [0.15, 0.2) is 0 Å². The summed E-state index contributed by atoms with van der Waals surface area (Å²) in [6, 6.07) is 63.5. The zero-order chi connectivity index (χ0) is 38.4. The third kappa shape index (κ3) is 5.83. The van der Waals surface area contributed by atoms with Crippen LogP contribution >= 0.6 is 0 Å². The molecule has 0 atom stereocenters. The van der Waals surface area contributed by atoms with E-state index in [9.17, 15) is 0 Å². The molecule has 0 heterocycles. The topological polar surface area (TPSA) is 0 Å². The summed E-state index contributed by atoms with van der Waals surface area (Å²) in [5, 5.41) is 15.0. The van der Waals surface area contributed by atoms with Gasteiger partial charge >= 0.3 is 0 Å². The number of hydrogen-bond donors (Lipinski definition) is 0. The van der Waals surface area contributed by atoms with Gasteiger partial charge in [-0.2, -0.15) is 0 Å². The van der Waals surface area contributed by atoms with Crippen LogP contribution in [0.2, 0.25) is 0 Å². The van der Waals surface area contributed by atoms with Crippen molar-refractivity contribution in [3.63, 3.8) is 0 Å². The van der Waals surface area contributed by atoms with E-state index in [2.05, 4.69) is 157 Å². The van der Waals surface area contributed by atoms with Crippen molar-refractivity contribution in [3.05, 3.63) is 226 Å². The fraction of sp³-hybridized carbons (Fsp3) is 0. The molecule has 11 aromatic carbocycles. The average molecular weight is 727 g/mol. The highest BCUT2D eigenvalue weighted by atomic mass is 14.1. The van der Waals surface area contributed by atoms with Crippen LogP contribution in [-0.4, -0.2) is 0 Å². The molecule has 0 nitrogen and oxygen atoms in total. The molecule has 262 valence electrons. The second-order valence-corrected chi connectivity index (χ2v) is 14.6. The monoisotopic (exact) mass is 726 g/mol. The Morgan fingerprint density at radius 1 is 0.207 bits per heavy atom. The minimum atomic E-state index is 0.890. The molecule has 0 amide bonds. The Balaban J connectivity index is 0.879. The van der Waals surface area contributed by atoms with Crippen LogP contribution in [0.3, 0.4) is 0 Å². The molecule has 0 N–H and O–H groups in total. The van der Waals surface area contributed by atoms with Crippen LogP contribution in [0.4, 0.5) is 0 Å². The molecular formula is C58H30. The van der Waals surface area contributed by atoms with E-state index in [-0.39, 0.29) is 0 Å². The summed E-state index contributed by atoms with van der Waals surface area (Å²) in [5.41, 5.74) is 7.39. The first-order valence-electron chi connectivity index (χ1n) is 19.4. The van der Waals surface area contributed by atoms with Gasteiger partial charge in [0.25, 0.3) is 0 Å². The first-order valence-corrected chi connectivity index (χ1v) is 19.4.